The molecule has 0 spiro atoms. The average molecular weight is 276 g/mol. The zero-order chi connectivity index (χ0) is 13.7. The van der Waals surface area contributed by atoms with Gasteiger partial charge in [-0.3, -0.25) is 9.36 Å². The summed E-state index contributed by atoms with van der Waals surface area (Å²) in [7, 11) is 0. The minimum atomic E-state index is -0.178. The smallest absolute Gasteiger partial charge is 0.310 e. The molecule has 100 valence electrons. The minimum Gasteiger partial charge on any atom is -0.493 e. The molecule has 1 aromatic heterocycles. The summed E-state index contributed by atoms with van der Waals surface area (Å²) in [5.41, 5.74) is 6.59. The molecular formula is C14H16N2O2S. The largest absolute Gasteiger partial charge is 0.493 e. The van der Waals surface area contributed by atoms with Gasteiger partial charge in [-0.1, -0.05) is 47.7 Å². The fourth-order valence-electron chi connectivity index (χ4n) is 1.77. The second-order valence-electron chi connectivity index (χ2n) is 4.09. The quantitative estimate of drug-likeness (QED) is 0.875. The van der Waals surface area contributed by atoms with Crippen molar-refractivity contribution < 1.29 is 5.11 Å². The van der Waals surface area contributed by atoms with Gasteiger partial charge in [-0.25, -0.2) is 0 Å². The van der Waals surface area contributed by atoms with E-state index in [4.69, 9.17) is 5.73 Å². The molecule has 0 atom stereocenters. The maximum absolute atomic E-state index is 11.6. The first kappa shape index (κ1) is 13.6. The van der Waals surface area contributed by atoms with Gasteiger partial charge in [0, 0.05) is 13.1 Å². The Bertz CT molecular complexity index is 614. The van der Waals surface area contributed by atoms with E-state index in [0.717, 1.165) is 17.8 Å². The number of hydrogen-bond acceptors (Lipinski definition) is 4. The number of thiazole rings is 1. The maximum Gasteiger partial charge on any atom is 0.310 e. The van der Waals surface area contributed by atoms with E-state index in [1.165, 1.54) is 10.1 Å². The Hall–Kier alpha value is -1.85. The molecule has 0 saturated carbocycles. The standard InChI is InChI=1S/C14H16N2O2S/c15-9-10-16-13(17)12(19-14(16)18)8-4-7-11-5-2-1-3-6-11/h1-6,8,17H,7,9-10,15H2. The Labute approximate surface area is 115 Å². The SMILES string of the molecule is NCCn1c(O)c(C=CCc2ccccc2)sc1=O. The number of rotatable bonds is 5. The highest BCUT2D eigenvalue weighted by molar-refractivity contribution is 7.10. The summed E-state index contributed by atoms with van der Waals surface area (Å²) in [5, 5.41) is 9.90. The van der Waals surface area contributed by atoms with E-state index in [2.05, 4.69) is 0 Å². The van der Waals surface area contributed by atoms with Crippen LogP contribution in [0.4, 0.5) is 0 Å². The molecule has 0 aliphatic rings. The van der Waals surface area contributed by atoms with Gasteiger partial charge >= 0.3 is 4.87 Å². The number of aromatic nitrogens is 1. The summed E-state index contributed by atoms with van der Waals surface area (Å²) < 4.78 is 1.30. The summed E-state index contributed by atoms with van der Waals surface area (Å²) in [6.07, 6.45) is 4.48. The van der Waals surface area contributed by atoms with Crippen molar-refractivity contribution in [3.05, 3.63) is 56.5 Å². The highest BCUT2D eigenvalue weighted by atomic mass is 32.1. The molecule has 0 amide bonds. The molecular weight excluding hydrogens is 260 g/mol. The number of nitrogens with zero attached hydrogens (tertiary/aromatic N) is 1. The van der Waals surface area contributed by atoms with E-state index in [0.29, 0.717) is 18.0 Å². The predicted molar refractivity (Wildman–Crippen MR) is 78.5 cm³/mol. The van der Waals surface area contributed by atoms with E-state index >= 15 is 0 Å². The molecule has 0 bridgehead atoms. The van der Waals surface area contributed by atoms with Crippen LogP contribution in [0.2, 0.25) is 0 Å². The lowest BCUT2D eigenvalue weighted by Crippen LogP contribution is -2.18. The topological polar surface area (TPSA) is 68.2 Å². The Morgan fingerprint density at radius 3 is 2.74 bits per heavy atom. The number of nitrogens with two attached hydrogens (primary N) is 1. The van der Waals surface area contributed by atoms with Crippen LogP contribution >= 0.6 is 11.3 Å². The van der Waals surface area contributed by atoms with E-state index < -0.39 is 0 Å². The Kier molecular flexibility index (Phi) is 4.54. The summed E-state index contributed by atoms with van der Waals surface area (Å²) >= 11 is 1.03. The molecule has 0 radical (unpaired) electrons. The van der Waals surface area contributed by atoms with Gasteiger partial charge in [-0.2, -0.15) is 0 Å². The molecule has 0 aliphatic heterocycles. The van der Waals surface area contributed by atoms with Crippen LogP contribution in [0, 0.1) is 0 Å². The molecule has 5 heteroatoms. The maximum atomic E-state index is 11.6. The number of benzene rings is 1. The van der Waals surface area contributed by atoms with Crippen molar-refractivity contribution in [3.8, 4) is 5.88 Å². The van der Waals surface area contributed by atoms with Crippen LogP contribution in [0.3, 0.4) is 0 Å². The molecule has 3 N–H and O–H groups in total. The van der Waals surface area contributed by atoms with Crippen molar-refractivity contribution in [3.63, 3.8) is 0 Å². The third kappa shape index (κ3) is 3.33. The molecule has 2 aromatic rings. The van der Waals surface area contributed by atoms with Gasteiger partial charge in [0.25, 0.3) is 0 Å². The molecule has 0 saturated heterocycles. The lowest BCUT2D eigenvalue weighted by Gasteiger charge is -1.99. The first-order valence-corrected chi connectivity index (χ1v) is 6.87. The van der Waals surface area contributed by atoms with E-state index in [9.17, 15) is 9.90 Å². The summed E-state index contributed by atoms with van der Waals surface area (Å²) in [4.78, 5) is 12.0. The van der Waals surface area contributed by atoms with Crippen LogP contribution in [0.1, 0.15) is 10.4 Å². The highest BCUT2D eigenvalue weighted by Gasteiger charge is 2.10. The van der Waals surface area contributed by atoms with Crippen molar-refractivity contribution >= 4 is 17.4 Å². The molecule has 19 heavy (non-hydrogen) atoms. The molecule has 1 heterocycles. The summed E-state index contributed by atoms with van der Waals surface area (Å²) in [5.74, 6) is 0.00441. The summed E-state index contributed by atoms with van der Waals surface area (Å²) in [6.45, 7) is 0.672. The van der Waals surface area contributed by atoms with Crippen LogP contribution < -0.4 is 10.6 Å². The van der Waals surface area contributed by atoms with Gasteiger partial charge in [0.1, 0.15) is 0 Å². The lowest BCUT2D eigenvalue weighted by atomic mass is 10.1. The van der Waals surface area contributed by atoms with Gasteiger partial charge in [-0.15, -0.1) is 0 Å². The second kappa shape index (κ2) is 6.36. The molecule has 2 rings (SSSR count). The first-order chi connectivity index (χ1) is 9.22. The van der Waals surface area contributed by atoms with Crippen LogP contribution in [0.5, 0.6) is 5.88 Å². The first-order valence-electron chi connectivity index (χ1n) is 6.05. The van der Waals surface area contributed by atoms with Crippen molar-refractivity contribution in [2.75, 3.05) is 6.54 Å². The van der Waals surface area contributed by atoms with Gasteiger partial charge in [0.15, 0.2) is 0 Å². The molecule has 4 nitrogen and oxygen atoms in total. The second-order valence-corrected chi connectivity index (χ2v) is 5.08. The van der Waals surface area contributed by atoms with Crippen LogP contribution in [-0.4, -0.2) is 16.2 Å². The van der Waals surface area contributed by atoms with Gasteiger partial charge in [-0.05, 0) is 18.1 Å². The number of aromatic hydroxyl groups is 1. The Morgan fingerprint density at radius 2 is 2.05 bits per heavy atom. The number of allylic oxidation sites excluding steroid dienone is 1. The van der Waals surface area contributed by atoms with Crippen molar-refractivity contribution in [1.29, 1.82) is 0 Å². The third-order valence-electron chi connectivity index (χ3n) is 2.71. The van der Waals surface area contributed by atoms with Gasteiger partial charge in [0.05, 0.1) is 4.88 Å². The van der Waals surface area contributed by atoms with Crippen molar-refractivity contribution in [2.24, 2.45) is 5.73 Å². The molecule has 0 fully saturated rings. The minimum absolute atomic E-state index is 0.00441. The number of hydrogen-bond donors (Lipinski definition) is 2. The average Bonchev–Trinajstić information content (AvgIpc) is 2.68. The van der Waals surface area contributed by atoms with Crippen LogP contribution in [0.15, 0.2) is 41.2 Å². The zero-order valence-electron chi connectivity index (χ0n) is 10.5. The van der Waals surface area contributed by atoms with Crippen LogP contribution in [-0.2, 0) is 13.0 Å². The van der Waals surface area contributed by atoms with Crippen molar-refractivity contribution in [1.82, 2.24) is 4.57 Å². The Balaban J connectivity index is 2.11. The predicted octanol–water partition coefficient (Wildman–Crippen LogP) is 1.83. The normalized spacial score (nSPS) is 11.2. The molecule has 0 aliphatic carbocycles. The summed E-state index contributed by atoms with van der Waals surface area (Å²) in [6, 6.07) is 10.0. The third-order valence-corrected chi connectivity index (χ3v) is 3.65. The molecule has 0 unspecified atom stereocenters. The van der Waals surface area contributed by atoms with E-state index in [1.54, 1.807) is 6.08 Å². The highest BCUT2D eigenvalue weighted by Crippen LogP contribution is 2.21. The Morgan fingerprint density at radius 1 is 1.32 bits per heavy atom. The van der Waals surface area contributed by atoms with E-state index in [1.807, 2.05) is 36.4 Å². The zero-order valence-corrected chi connectivity index (χ0v) is 11.3. The fraction of sp³-hybridized carbons (Fsp3) is 0.214. The molecule has 1 aromatic carbocycles. The lowest BCUT2D eigenvalue weighted by molar-refractivity contribution is 0.414. The fourth-order valence-corrected chi connectivity index (χ4v) is 2.61. The monoisotopic (exact) mass is 276 g/mol. The van der Waals surface area contributed by atoms with Crippen molar-refractivity contribution in [2.45, 2.75) is 13.0 Å². The van der Waals surface area contributed by atoms with E-state index in [-0.39, 0.29) is 10.8 Å². The van der Waals surface area contributed by atoms with Crippen LogP contribution in [0.25, 0.3) is 6.08 Å². The van der Waals surface area contributed by atoms with Gasteiger partial charge in [0.2, 0.25) is 5.88 Å². The van der Waals surface area contributed by atoms with Gasteiger partial charge < -0.3 is 10.8 Å².